The van der Waals surface area contributed by atoms with E-state index in [1.54, 1.807) is 0 Å². The lowest BCUT2D eigenvalue weighted by molar-refractivity contribution is -0.232. The van der Waals surface area contributed by atoms with E-state index in [1.165, 1.54) is 13.0 Å². The summed E-state index contributed by atoms with van der Waals surface area (Å²) in [7, 11) is 0. The van der Waals surface area contributed by atoms with Gasteiger partial charge in [0.2, 0.25) is 0 Å². The van der Waals surface area contributed by atoms with Crippen molar-refractivity contribution >= 4 is 5.97 Å². The van der Waals surface area contributed by atoms with Gasteiger partial charge in [0.15, 0.2) is 0 Å². The Morgan fingerprint density at radius 2 is 2.33 bits per heavy atom. The molecule has 52 valence electrons. The molecule has 0 fully saturated rings. The molecule has 0 aromatic carbocycles. The van der Waals surface area contributed by atoms with E-state index in [0.717, 1.165) is 0 Å². The lowest BCUT2D eigenvalue weighted by Gasteiger charge is -1.89. The van der Waals surface area contributed by atoms with Gasteiger partial charge < -0.3 is 5.11 Å². The molecule has 4 nitrogen and oxygen atoms in total. The van der Waals surface area contributed by atoms with Crippen molar-refractivity contribution in [3.05, 3.63) is 11.6 Å². The zero-order valence-corrected chi connectivity index (χ0v) is 5.00. The molecule has 0 aliphatic rings. The summed E-state index contributed by atoms with van der Waals surface area (Å²) in [6, 6.07) is 0. The molecule has 0 amide bonds. The van der Waals surface area contributed by atoms with Crippen molar-refractivity contribution in [1.82, 2.24) is 0 Å². The molecule has 9 heavy (non-hydrogen) atoms. The first-order valence-electron chi connectivity index (χ1n) is 2.35. The Morgan fingerprint density at radius 1 is 1.78 bits per heavy atom. The van der Waals surface area contributed by atoms with Crippen LogP contribution in [0, 0.1) is 0 Å². The minimum absolute atomic E-state index is 0.0852. The lowest BCUT2D eigenvalue weighted by atomic mass is 10.3. The summed E-state index contributed by atoms with van der Waals surface area (Å²) in [5, 5.41) is 16.0. The van der Waals surface area contributed by atoms with Crippen LogP contribution in [0.25, 0.3) is 0 Å². The maximum Gasteiger partial charge on any atom is 0.331 e. The van der Waals surface area contributed by atoms with Crippen LogP contribution in [0.3, 0.4) is 0 Å². The largest absolute Gasteiger partial charge is 0.478 e. The van der Waals surface area contributed by atoms with Crippen molar-refractivity contribution in [2.24, 2.45) is 0 Å². The van der Waals surface area contributed by atoms with Gasteiger partial charge in [0.05, 0.1) is 0 Å². The fraction of sp³-hybridized carbons (Fsp3) is 0.400. The molecule has 0 aromatic rings. The van der Waals surface area contributed by atoms with Gasteiger partial charge in [0.25, 0.3) is 0 Å². The van der Waals surface area contributed by atoms with Gasteiger partial charge in [-0.15, -0.1) is 0 Å². The van der Waals surface area contributed by atoms with Gasteiger partial charge in [-0.05, 0) is 13.0 Å². The zero-order valence-electron chi connectivity index (χ0n) is 5.00. The Kier molecular flexibility index (Phi) is 3.66. The van der Waals surface area contributed by atoms with E-state index >= 15 is 0 Å². The Hall–Kier alpha value is -0.870. The topological polar surface area (TPSA) is 66.8 Å². The number of carboxylic acid groups (broad SMARTS) is 1. The quantitative estimate of drug-likeness (QED) is 0.333. The second-order valence-electron chi connectivity index (χ2n) is 1.49. The van der Waals surface area contributed by atoms with E-state index in [9.17, 15) is 4.79 Å². The van der Waals surface area contributed by atoms with Gasteiger partial charge >= 0.3 is 5.97 Å². The third kappa shape index (κ3) is 3.69. The molecule has 0 rings (SSSR count). The zero-order chi connectivity index (χ0) is 7.28. The number of carbonyl (C=O) groups is 1. The smallest absolute Gasteiger partial charge is 0.331 e. The summed E-state index contributed by atoms with van der Waals surface area (Å²) in [4.78, 5) is 13.6. The highest BCUT2D eigenvalue weighted by Crippen LogP contribution is 1.90. The Balaban J connectivity index is 3.69. The van der Waals surface area contributed by atoms with Crippen LogP contribution in [0.2, 0.25) is 0 Å². The second-order valence-corrected chi connectivity index (χ2v) is 1.49. The molecule has 4 heteroatoms. The molecule has 0 spiro atoms. The average molecular weight is 132 g/mol. The number of hydrogen-bond donors (Lipinski definition) is 2. The van der Waals surface area contributed by atoms with Gasteiger partial charge in [-0.3, -0.25) is 5.26 Å². The van der Waals surface area contributed by atoms with Crippen LogP contribution >= 0.6 is 0 Å². The molecular weight excluding hydrogens is 124 g/mol. The molecule has 0 aliphatic carbocycles. The predicted molar refractivity (Wildman–Crippen MR) is 30.0 cm³/mol. The lowest BCUT2D eigenvalue weighted by Crippen LogP contribution is -1.97. The first kappa shape index (κ1) is 8.13. The SMILES string of the molecule is C/C(=C/COO)C(=O)O. The first-order chi connectivity index (χ1) is 4.18. The normalized spacial score (nSPS) is 11.6. The van der Waals surface area contributed by atoms with E-state index in [4.69, 9.17) is 10.4 Å². The molecule has 0 radical (unpaired) electrons. The Labute approximate surface area is 52.3 Å². The van der Waals surface area contributed by atoms with Gasteiger partial charge in [-0.25, -0.2) is 9.68 Å². The summed E-state index contributed by atoms with van der Waals surface area (Å²) < 4.78 is 0. The van der Waals surface area contributed by atoms with Crippen molar-refractivity contribution in [3.8, 4) is 0 Å². The molecule has 2 N–H and O–H groups in total. The molecule has 0 aromatic heterocycles. The van der Waals surface area contributed by atoms with Crippen LogP contribution in [-0.2, 0) is 9.68 Å². The Bertz CT molecular complexity index is 127. The van der Waals surface area contributed by atoms with Gasteiger partial charge in [-0.1, -0.05) is 0 Å². The predicted octanol–water partition coefficient (Wildman–Crippen LogP) is 0.507. The average Bonchev–Trinajstić information content (AvgIpc) is 1.82. The first-order valence-corrected chi connectivity index (χ1v) is 2.35. The van der Waals surface area contributed by atoms with Crippen LogP contribution < -0.4 is 0 Å². The summed E-state index contributed by atoms with van der Waals surface area (Å²) in [5.41, 5.74) is 0.157. The summed E-state index contributed by atoms with van der Waals surface area (Å²) in [6.45, 7) is 1.33. The van der Waals surface area contributed by atoms with Crippen molar-refractivity contribution in [3.63, 3.8) is 0 Å². The monoisotopic (exact) mass is 132 g/mol. The van der Waals surface area contributed by atoms with E-state index in [0.29, 0.717) is 0 Å². The van der Waals surface area contributed by atoms with Crippen molar-refractivity contribution < 1.29 is 20.0 Å². The fourth-order valence-corrected chi connectivity index (χ4v) is 0.250. The molecule has 0 aliphatic heterocycles. The molecule has 0 heterocycles. The van der Waals surface area contributed by atoms with Crippen molar-refractivity contribution in [1.29, 1.82) is 0 Å². The van der Waals surface area contributed by atoms with Crippen LogP contribution in [0.15, 0.2) is 11.6 Å². The fourth-order valence-electron chi connectivity index (χ4n) is 0.250. The van der Waals surface area contributed by atoms with E-state index in [-0.39, 0.29) is 12.2 Å². The van der Waals surface area contributed by atoms with E-state index in [1.807, 2.05) is 0 Å². The van der Waals surface area contributed by atoms with Crippen LogP contribution in [0.1, 0.15) is 6.92 Å². The van der Waals surface area contributed by atoms with Gasteiger partial charge in [0.1, 0.15) is 6.61 Å². The molecule has 0 unspecified atom stereocenters. The number of hydrogen-bond acceptors (Lipinski definition) is 3. The molecule has 0 saturated carbocycles. The van der Waals surface area contributed by atoms with Gasteiger partial charge in [0, 0.05) is 5.57 Å². The van der Waals surface area contributed by atoms with Crippen LogP contribution in [0.5, 0.6) is 0 Å². The maximum atomic E-state index is 10.00. The van der Waals surface area contributed by atoms with Crippen molar-refractivity contribution in [2.75, 3.05) is 6.61 Å². The minimum Gasteiger partial charge on any atom is -0.478 e. The van der Waals surface area contributed by atoms with Gasteiger partial charge in [-0.2, -0.15) is 0 Å². The number of aliphatic carboxylic acids is 1. The third-order valence-corrected chi connectivity index (χ3v) is 0.801. The summed E-state index contributed by atoms with van der Waals surface area (Å²) >= 11 is 0. The molecule has 0 saturated heterocycles. The van der Waals surface area contributed by atoms with Crippen LogP contribution in [-0.4, -0.2) is 22.9 Å². The van der Waals surface area contributed by atoms with Crippen molar-refractivity contribution in [2.45, 2.75) is 6.92 Å². The van der Waals surface area contributed by atoms with E-state index in [2.05, 4.69) is 4.89 Å². The second kappa shape index (κ2) is 4.05. The molecule has 0 atom stereocenters. The highest BCUT2D eigenvalue weighted by Gasteiger charge is 1.96. The number of carboxylic acids is 1. The third-order valence-electron chi connectivity index (χ3n) is 0.801. The Morgan fingerprint density at radius 3 is 2.67 bits per heavy atom. The highest BCUT2D eigenvalue weighted by molar-refractivity contribution is 5.85. The highest BCUT2D eigenvalue weighted by atomic mass is 17.1. The standard InChI is InChI=1S/C5H8O4/c1-4(5(6)7)2-3-9-8/h2,8H,3H2,1H3,(H,6,7)/b4-2-. The minimum atomic E-state index is -1.01. The van der Waals surface area contributed by atoms with E-state index < -0.39 is 5.97 Å². The summed E-state index contributed by atoms with van der Waals surface area (Å²) in [5.74, 6) is -1.01. The summed E-state index contributed by atoms with van der Waals surface area (Å²) in [6.07, 6.45) is 1.27. The maximum absolute atomic E-state index is 10.00. The molecular formula is C5H8O4. The van der Waals surface area contributed by atoms with Crippen LogP contribution in [0.4, 0.5) is 0 Å². The number of rotatable bonds is 3. The molecule has 0 bridgehead atoms.